The number of carbonyl (C=O) groups excluding carboxylic acids is 4. The van der Waals surface area contributed by atoms with E-state index in [9.17, 15) is 19.2 Å². The van der Waals surface area contributed by atoms with Crippen LogP contribution in [-0.2, 0) is 19.1 Å². The molecule has 0 unspecified atom stereocenters. The Balaban J connectivity index is 1.45. The van der Waals surface area contributed by atoms with Gasteiger partial charge in [0.15, 0.2) is 6.61 Å². The number of ether oxygens (including phenoxy) is 1. The summed E-state index contributed by atoms with van der Waals surface area (Å²) in [6.45, 7) is 1.40. The van der Waals surface area contributed by atoms with Crippen LogP contribution in [0.25, 0.3) is 0 Å². The van der Waals surface area contributed by atoms with Gasteiger partial charge >= 0.3 is 5.97 Å². The summed E-state index contributed by atoms with van der Waals surface area (Å²) >= 11 is 1.55. The predicted octanol–water partition coefficient (Wildman–Crippen LogP) is 0.445. The molecule has 2 heterocycles. The van der Waals surface area contributed by atoms with Gasteiger partial charge in [-0.25, -0.2) is 4.79 Å². The topological polar surface area (TPSA) is 105 Å². The first kappa shape index (κ1) is 18.2. The average molecular weight is 377 g/mol. The van der Waals surface area contributed by atoms with Crippen molar-refractivity contribution in [1.29, 1.82) is 0 Å². The Bertz CT molecular complexity index is 741. The molecule has 2 aliphatic heterocycles. The molecule has 1 aromatic rings. The van der Waals surface area contributed by atoms with Crippen molar-refractivity contribution >= 4 is 35.5 Å². The van der Waals surface area contributed by atoms with Crippen molar-refractivity contribution in [3.63, 3.8) is 0 Å². The molecule has 138 valence electrons. The first-order valence-electron chi connectivity index (χ1n) is 8.18. The quantitative estimate of drug-likeness (QED) is 0.583. The van der Waals surface area contributed by atoms with E-state index in [0.29, 0.717) is 24.2 Å². The SMILES string of the molecule is C[C@@]12CCC(=O)N1[C@H](C(=O)OCC(=O)NNC(=O)c1ccccc1)CS2. The summed E-state index contributed by atoms with van der Waals surface area (Å²) in [4.78, 5) is 49.0. The second-order valence-corrected chi connectivity index (χ2v) is 7.74. The van der Waals surface area contributed by atoms with Crippen LogP contribution in [0.2, 0.25) is 0 Å². The minimum atomic E-state index is -0.674. The highest BCUT2D eigenvalue weighted by atomic mass is 32.2. The summed E-state index contributed by atoms with van der Waals surface area (Å²) in [5.41, 5.74) is 4.82. The monoisotopic (exact) mass is 377 g/mol. The third-order valence-electron chi connectivity index (χ3n) is 4.41. The first-order valence-corrected chi connectivity index (χ1v) is 9.16. The number of amides is 3. The number of esters is 1. The second-order valence-electron chi connectivity index (χ2n) is 6.24. The van der Waals surface area contributed by atoms with Gasteiger partial charge in [-0.15, -0.1) is 11.8 Å². The van der Waals surface area contributed by atoms with Crippen LogP contribution in [0.4, 0.5) is 0 Å². The molecular weight excluding hydrogens is 358 g/mol. The fraction of sp³-hybridized carbons (Fsp3) is 0.412. The number of rotatable bonds is 4. The summed E-state index contributed by atoms with van der Waals surface area (Å²) in [5, 5.41) is 0. The maximum absolute atomic E-state index is 12.2. The molecule has 9 heteroatoms. The summed E-state index contributed by atoms with van der Waals surface area (Å²) in [7, 11) is 0. The van der Waals surface area contributed by atoms with Crippen LogP contribution in [0.3, 0.4) is 0 Å². The molecule has 3 rings (SSSR count). The first-order chi connectivity index (χ1) is 12.4. The lowest BCUT2D eigenvalue weighted by molar-refractivity contribution is -0.156. The number of carbonyl (C=O) groups is 4. The largest absolute Gasteiger partial charge is 0.454 e. The van der Waals surface area contributed by atoms with Crippen molar-refractivity contribution < 1.29 is 23.9 Å². The number of hydrogen-bond donors (Lipinski definition) is 2. The molecule has 0 aliphatic carbocycles. The van der Waals surface area contributed by atoms with Crippen LogP contribution >= 0.6 is 11.8 Å². The van der Waals surface area contributed by atoms with Crippen molar-refractivity contribution in [2.75, 3.05) is 12.4 Å². The molecule has 0 radical (unpaired) electrons. The Morgan fingerprint density at radius 3 is 2.73 bits per heavy atom. The van der Waals surface area contributed by atoms with Gasteiger partial charge < -0.3 is 9.64 Å². The zero-order chi connectivity index (χ0) is 18.7. The zero-order valence-corrected chi connectivity index (χ0v) is 15.0. The molecule has 0 aromatic heterocycles. The van der Waals surface area contributed by atoms with Gasteiger partial charge in [-0.3, -0.25) is 25.2 Å². The minimum Gasteiger partial charge on any atom is -0.454 e. The standard InChI is InChI=1S/C17H19N3O5S/c1-17-8-7-14(22)20(17)12(10-26-17)16(24)25-9-13(21)18-19-15(23)11-5-3-2-4-6-11/h2-6,12H,7-10H2,1H3,(H,18,21)(H,19,23)/t12-,17+/m0/s1. The Morgan fingerprint density at radius 2 is 2.00 bits per heavy atom. The Morgan fingerprint density at radius 1 is 1.27 bits per heavy atom. The minimum absolute atomic E-state index is 0.0703. The number of fused-ring (bicyclic) bond motifs is 1. The van der Waals surface area contributed by atoms with Gasteiger partial charge in [-0.05, 0) is 25.5 Å². The average Bonchev–Trinajstić information content (AvgIpc) is 3.14. The fourth-order valence-electron chi connectivity index (χ4n) is 3.05. The molecule has 0 bridgehead atoms. The Kier molecular flexibility index (Phi) is 5.17. The van der Waals surface area contributed by atoms with Gasteiger partial charge in [-0.2, -0.15) is 0 Å². The molecule has 0 saturated carbocycles. The van der Waals surface area contributed by atoms with E-state index in [0.717, 1.165) is 0 Å². The fourth-order valence-corrected chi connectivity index (χ4v) is 4.47. The molecule has 2 saturated heterocycles. The number of benzene rings is 1. The molecule has 2 fully saturated rings. The predicted molar refractivity (Wildman–Crippen MR) is 93.7 cm³/mol. The number of nitrogens with one attached hydrogen (secondary N) is 2. The van der Waals surface area contributed by atoms with Crippen molar-refractivity contribution in [2.24, 2.45) is 0 Å². The number of hydrazine groups is 1. The lowest BCUT2D eigenvalue weighted by Crippen LogP contribution is -2.48. The molecule has 2 aliphatic rings. The maximum Gasteiger partial charge on any atom is 0.330 e. The summed E-state index contributed by atoms with van der Waals surface area (Å²) < 4.78 is 5.02. The van der Waals surface area contributed by atoms with Crippen LogP contribution in [0, 0.1) is 0 Å². The number of nitrogens with zero attached hydrogens (tertiary/aromatic N) is 1. The zero-order valence-electron chi connectivity index (χ0n) is 14.2. The third-order valence-corrected chi connectivity index (χ3v) is 5.92. The van der Waals surface area contributed by atoms with Gasteiger partial charge in [0.2, 0.25) is 5.91 Å². The number of hydrogen-bond acceptors (Lipinski definition) is 6. The van der Waals surface area contributed by atoms with E-state index < -0.39 is 30.4 Å². The van der Waals surface area contributed by atoms with Crippen LogP contribution in [0.5, 0.6) is 0 Å². The summed E-state index contributed by atoms with van der Waals surface area (Å²) in [6.07, 6.45) is 1.12. The van der Waals surface area contributed by atoms with Crippen molar-refractivity contribution in [3.05, 3.63) is 35.9 Å². The van der Waals surface area contributed by atoms with Crippen molar-refractivity contribution in [1.82, 2.24) is 15.8 Å². The van der Waals surface area contributed by atoms with E-state index in [-0.39, 0.29) is 10.8 Å². The summed E-state index contributed by atoms with van der Waals surface area (Å²) in [6, 6.07) is 7.70. The van der Waals surface area contributed by atoms with Gasteiger partial charge in [-0.1, -0.05) is 18.2 Å². The van der Waals surface area contributed by atoms with Crippen LogP contribution in [0.1, 0.15) is 30.1 Å². The molecule has 0 spiro atoms. The highest BCUT2D eigenvalue weighted by molar-refractivity contribution is 8.01. The van der Waals surface area contributed by atoms with Crippen LogP contribution < -0.4 is 10.9 Å². The van der Waals surface area contributed by atoms with E-state index in [4.69, 9.17) is 4.74 Å². The van der Waals surface area contributed by atoms with Crippen LogP contribution in [-0.4, -0.2) is 51.9 Å². The smallest absolute Gasteiger partial charge is 0.330 e. The number of thioether (sulfide) groups is 1. The van der Waals surface area contributed by atoms with E-state index >= 15 is 0 Å². The molecule has 1 aromatic carbocycles. The Labute approximate surface area is 154 Å². The van der Waals surface area contributed by atoms with Crippen molar-refractivity contribution in [3.8, 4) is 0 Å². The highest BCUT2D eigenvalue weighted by Gasteiger charge is 2.53. The summed E-state index contributed by atoms with van der Waals surface area (Å²) in [5.74, 6) is -1.37. The van der Waals surface area contributed by atoms with E-state index in [1.807, 2.05) is 6.92 Å². The van der Waals surface area contributed by atoms with Gasteiger partial charge in [0.1, 0.15) is 6.04 Å². The third kappa shape index (κ3) is 3.67. The second kappa shape index (κ2) is 7.36. The molecule has 2 atom stereocenters. The molecule has 2 N–H and O–H groups in total. The highest BCUT2D eigenvalue weighted by Crippen LogP contribution is 2.47. The van der Waals surface area contributed by atoms with Crippen LogP contribution in [0.15, 0.2) is 30.3 Å². The molecule has 26 heavy (non-hydrogen) atoms. The Hall–Kier alpha value is -2.55. The van der Waals surface area contributed by atoms with E-state index in [1.165, 1.54) is 0 Å². The van der Waals surface area contributed by atoms with Crippen molar-refractivity contribution in [2.45, 2.75) is 30.7 Å². The normalized spacial score (nSPS) is 24.1. The lowest BCUT2D eigenvalue weighted by atomic mass is 10.2. The van der Waals surface area contributed by atoms with Gasteiger partial charge in [0, 0.05) is 17.7 Å². The lowest BCUT2D eigenvalue weighted by Gasteiger charge is -2.29. The molecular formula is C17H19N3O5S. The van der Waals surface area contributed by atoms with E-state index in [1.54, 1.807) is 47.0 Å². The molecule has 3 amide bonds. The van der Waals surface area contributed by atoms with Gasteiger partial charge in [0.25, 0.3) is 11.8 Å². The maximum atomic E-state index is 12.2. The van der Waals surface area contributed by atoms with Gasteiger partial charge in [0.05, 0.1) is 4.87 Å². The molecule has 8 nitrogen and oxygen atoms in total. The van der Waals surface area contributed by atoms with E-state index in [2.05, 4.69) is 10.9 Å².